The summed E-state index contributed by atoms with van der Waals surface area (Å²) in [6.07, 6.45) is 1.57. The quantitative estimate of drug-likeness (QED) is 0.393. The molecule has 2 heterocycles. The molecule has 0 spiro atoms. The Hall–Kier alpha value is -3.50. The summed E-state index contributed by atoms with van der Waals surface area (Å²) < 4.78 is 1.77. The lowest BCUT2D eigenvalue weighted by atomic mass is 10.1. The van der Waals surface area contributed by atoms with Gasteiger partial charge in [-0.15, -0.1) is 21.5 Å². The summed E-state index contributed by atoms with van der Waals surface area (Å²) >= 11 is 2.65. The Labute approximate surface area is 193 Å². The molecule has 4 aromatic rings. The number of hydrogen-bond acceptors (Lipinski definition) is 7. The summed E-state index contributed by atoms with van der Waals surface area (Å²) in [4.78, 5) is 28.3. The van der Waals surface area contributed by atoms with Crippen LogP contribution in [0.4, 0.5) is 10.8 Å². The van der Waals surface area contributed by atoms with Gasteiger partial charge in [-0.05, 0) is 25.1 Å². The van der Waals surface area contributed by atoms with Crippen molar-refractivity contribution in [2.75, 3.05) is 16.4 Å². The van der Waals surface area contributed by atoms with Crippen molar-refractivity contribution in [2.45, 2.75) is 19.0 Å². The Morgan fingerprint density at radius 3 is 2.72 bits per heavy atom. The average molecular weight is 465 g/mol. The SMILES string of the molecule is CC(=O)Nc1cccc(-n2cnnc2SCC(=O)Nc2nc(-c3ccc(C)cc3)cs2)c1. The number of carbonyl (C=O) groups excluding carboxylic acids is 2. The molecule has 4 rings (SSSR count). The highest BCUT2D eigenvalue weighted by Gasteiger charge is 2.13. The molecule has 2 amide bonds. The molecule has 32 heavy (non-hydrogen) atoms. The van der Waals surface area contributed by atoms with Crippen LogP contribution in [0.1, 0.15) is 12.5 Å². The summed E-state index contributed by atoms with van der Waals surface area (Å²) in [6, 6.07) is 15.4. The van der Waals surface area contributed by atoms with Crippen molar-refractivity contribution in [3.05, 3.63) is 65.8 Å². The molecular formula is C22H20N6O2S2. The maximum atomic E-state index is 12.5. The fourth-order valence-electron chi connectivity index (χ4n) is 2.91. The molecule has 0 aliphatic carbocycles. The van der Waals surface area contributed by atoms with E-state index in [0.717, 1.165) is 16.9 Å². The second-order valence-corrected chi connectivity index (χ2v) is 8.76. The maximum Gasteiger partial charge on any atom is 0.236 e. The van der Waals surface area contributed by atoms with Crippen LogP contribution < -0.4 is 10.6 Å². The minimum absolute atomic E-state index is 0.148. The Balaban J connectivity index is 1.38. The lowest BCUT2D eigenvalue weighted by Crippen LogP contribution is -2.14. The molecule has 0 fully saturated rings. The first-order valence-corrected chi connectivity index (χ1v) is 11.6. The molecule has 2 N–H and O–H groups in total. The zero-order valence-electron chi connectivity index (χ0n) is 17.4. The normalized spacial score (nSPS) is 10.7. The zero-order valence-corrected chi connectivity index (χ0v) is 19.0. The van der Waals surface area contributed by atoms with Gasteiger partial charge < -0.3 is 10.6 Å². The number of benzene rings is 2. The van der Waals surface area contributed by atoms with E-state index in [4.69, 9.17) is 0 Å². The number of aromatic nitrogens is 4. The van der Waals surface area contributed by atoms with Gasteiger partial charge in [0.15, 0.2) is 10.3 Å². The van der Waals surface area contributed by atoms with Crippen LogP contribution in [0.15, 0.2) is 65.4 Å². The Morgan fingerprint density at radius 2 is 1.94 bits per heavy atom. The second-order valence-electron chi connectivity index (χ2n) is 6.96. The van der Waals surface area contributed by atoms with Crippen molar-refractivity contribution in [1.82, 2.24) is 19.7 Å². The first-order valence-electron chi connectivity index (χ1n) is 9.71. The van der Waals surface area contributed by atoms with Crippen LogP contribution in [0.5, 0.6) is 0 Å². The summed E-state index contributed by atoms with van der Waals surface area (Å²) in [7, 11) is 0. The van der Waals surface area contributed by atoms with Crippen molar-refractivity contribution in [3.63, 3.8) is 0 Å². The van der Waals surface area contributed by atoms with E-state index < -0.39 is 0 Å². The number of carbonyl (C=O) groups is 2. The number of thioether (sulfide) groups is 1. The molecule has 0 bridgehead atoms. The van der Waals surface area contributed by atoms with Gasteiger partial charge in [0, 0.05) is 23.6 Å². The third-order valence-corrected chi connectivity index (χ3v) is 6.09. The van der Waals surface area contributed by atoms with E-state index in [1.807, 2.05) is 54.8 Å². The van der Waals surface area contributed by atoms with Gasteiger partial charge in [-0.3, -0.25) is 14.2 Å². The van der Waals surface area contributed by atoms with E-state index in [1.165, 1.54) is 35.6 Å². The third-order valence-electron chi connectivity index (χ3n) is 4.39. The largest absolute Gasteiger partial charge is 0.326 e. The van der Waals surface area contributed by atoms with E-state index >= 15 is 0 Å². The minimum atomic E-state index is -0.179. The molecule has 2 aromatic heterocycles. The molecule has 0 unspecified atom stereocenters. The Bertz CT molecular complexity index is 1250. The number of nitrogens with one attached hydrogen (secondary N) is 2. The summed E-state index contributed by atoms with van der Waals surface area (Å²) in [5.41, 5.74) is 4.48. The Morgan fingerprint density at radius 1 is 1.12 bits per heavy atom. The molecule has 0 saturated heterocycles. The first kappa shape index (κ1) is 21.7. The average Bonchev–Trinajstić information content (AvgIpc) is 3.42. The molecule has 0 atom stereocenters. The van der Waals surface area contributed by atoms with Crippen molar-refractivity contribution >= 4 is 45.7 Å². The van der Waals surface area contributed by atoms with Crippen LogP contribution in [-0.2, 0) is 9.59 Å². The summed E-state index contributed by atoms with van der Waals surface area (Å²) in [5.74, 6) is -0.171. The number of hydrogen-bond donors (Lipinski definition) is 2. The molecule has 162 valence electrons. The van der Waals surface area contributed by atoms with Gasteiger partial charge >= 0.3 is 0 Å². The zero-order chi connectivity index (χ0) is 22.5. The van der Waals surface area contributed by atoms with Gasteiger partial charge in [-0.1, -0.05) is 47.7 Å². The van der Waals surface area contributed by atoms with Crippen molar-refractivity contribution in [1.29, 1.82) is 0 Å². The molecule has 8 nitrogen and oxygen atoms in total. The molecule has 0 saturated carbocycles. The number of nitrogens with zero attached hydrogens (tertiary/aromatic N) is 4. The standard InChI is InChI=1S/C22H20N6O2S2/c1-14-6-8-16(9-7-14)19-11-31-21(25-19)26-20(30)12-32-22-27-23-13-28(22)18-5-3-4-17(10-18)24-15(2)29/h3-11,13H,12H2,1-2H3,(H,24,29)(H,25,26,30). The smallest absolute Gasteiger partial charge is 0.236 e. The monoisotopic (exact) mass is 464 g/mol. The maximum absolute atomic E-state index is 12.5. The fourth-order valence-corrected chi connectivity index (χ4v) is 4.37. The predicted molar refractivity (Wildman–Crippen MR) is 127 cm³/mol. The van der Waals surface area contributed by atoms with Gasteiger partial charge in [0.25, 0.3) is 0 Å². The fraction of sp³-hybridized carbons (Fsp3) is 0.136. The highest BCUT2D eigenvalue weighted by atomic mass is 32.2. The van der Waals surface area contributed by atoms with Crippen molar-refractivity contribution in [2.24, 2.45) is 0 Å². The van der Waals surface area contributed by atoms with Crippen LogP contribution in [0, 0.1) is 6.92 Å². The lowest BCUT2D eigenvalue weighted by molar-refractivity contribution is -0.114. The highest BCUT2D eigenvalue weighted by molar-refractivity contribution is 7.99. The van der Waals surface area contributed by atoms with Crippen LogP contribution in [0.25, 0.3) is 16.9 Å². The number of thiazole rings is 1. The number of amides is 2. The summed E-state index contributed by atoms with van der Waals surface area (Å²) in [5, 5.41) is 16.7. The van der Waals surface area contributed by atoms with Gasteiger partial charge in [-0.25, -0.2) is 4.98 Å². The lowest BCUT2D eigenvalue weighted by Gasteiger charge is -2.08. The number of anilines is 2. The van der Waals surface area contributed by atoms with E-state index in [0.29, 0.717) is 16.0 Å². The Kier molecular flexibility index (Phi) is 6.62. The molecule has 0 radical (unpaired) electrons. The number of rotatable bonds is 7. The topological polar surface area (TPSA) is 102 Å². The predicted octanol–water partition coefficient (Wildman–Crippen LogP) is 4.39. The van der Waals surface area contributed by atoms with Crippen LogP contribution >= 0.6 is 23.1 Å². The van der Waals surface area contributed by atoms with Gasteiger partial charge in [-0.2, -0.15) is 0 Å². The second kappa shape index (κ2) is 9.75. The van der Waals surface area contributed by atoms with E-state index in [1.54, 1.807) is 17.0 Å². The minimum Gasteiger partial charge on any atom is -0.326 e. The van der Waals surface area contributed by atoms with E-state index in [9.17, 15) is 9.59 Å². The third kappa shape index (κ3) is 5.40. The molecule has 0 aliphatic heterocycles. The number of aryl methyl sites for hydroxylation is 1. The van der Waals surface area contributed by atoms with Gasteiger partial charge in [0.1, 0.15) is 6.33 Å². The summed E-state index contributed by atoms with van der Waals surface area (Å²) in [6.45, 7) is 3.49. The highest BCUT2D eigenvalue weighted by Crippen LogP contribution is 2.26. The van der Waals surface area contributed by atoms with Crippen LogP contribution in [-0.4, -0.2) is 37.3 Å². The molecule has 2 aromatic carbocycles. The van der Waals surface area contributed by atoms with Crippen LogP contribution in [0.3, 0.4) is 0 Å². The molecule has 10 heteroatoms. The van der Waals surface area contributed by atoms with E-state index in [-0.39, 0.29) is 17.6 Å². The van der Waals surface area contributed by atoms with Crippen molar-refractivity contribution < 1.29 is 9.59 Å². The molecule has 0 aliphatic rings. The van der Waals surface area contributed by atoms with E-state index in [2.05, 4.69) is 25.8 Å². The van der Waals surface area contributed by atoms with Gasteiger partial charge in [0.05, 0.1) is 17.1 Å². The first-order chi connectivity index (χ1) is 15.5. The van der Waals surface area contributed by atoms with Gasteiger partial charge in [0.2, 0.25) is 11.8 Å². The molecular weight excluding hydrogens is 444 g/mol. The van der Waals surface area contributed by atoms with Crippen LogP contribution in [0.2, 0.25) is 0 Å². The van der Waals surface area contributed by atoms with Crippen molar-refractivity contribution in [3.8, 4) is 16.9 Å².